The van der Waals surface area contributed by atoms with Crippen molar-refractivity contribution in [1.29, 1.82) is 0 Å². The minimum absolute atomic E-state index is 0.0213. The van der Waals surface area contributed by atoms with Crippen LogP contribution in [0.25, 0.3) is 5.76 Å². The highest BCUT2D eigenvalue weighted by molar-refractivity contribution is 7.89. The summed E-state index contributed by atoms with van der Waals surface area (Å²) in [6, 6.07) is 12.6. The van der Waals surface area contributed by atoms with Crippen molar-refractivity contribution < 1.29 is 27.9 Å². The molecule has 2 aliphatic rings. The van der Waals surface area contributed by atoms with Crippen LogP contribution in [0.5, 0.6) is 0 Å². The molecule has 2 heterocycles. The Bertz CT molecular complexity index is 1300. The van der Waals surface area contributed by atoms with Gasteiger partial charge in [0.2, 0.25) is 10.0 Å². The Morgan fingerprint density at radius 2 is 1.73 bits per heavy atom. The van der Waals surface area contributed by atoms with Crippen LogP contribution in [-0.2, 0) is 30.8 Å². The Kier molecular flexibility index (Phi) is 8.13. The molecule has 0 radical (unpaired) electrons. The van der Waals surface area contributed by atoms with Crippen LogP contribution in [0.15, 0.2) is 59.0 Å². The maximum absolute atomic E-state index is 13.3. The summed E-state index contributed by atoms with van der Waals surface area (Å²) in [6.45, 7) is 5.63. The maximum Gasteiger partial charge on any atom is 0.295 e. The zero-order valence-corrected chi connectivity index (χ0v) is 22.2. The molecule has 4 rings (SSSR count). The first-order chi connectivity index (χ1) is 17.6. The van der Waals surface area contributed by atoms with Gasteiger partial charge < -0.3 is 14.7 Å². The van der Waals surface area contributed by atoms with Crippen molar-refractivity contribution in [1.82, 2.24) is 14.1 Å². The number of ketones is 1. The smallest absolute Gasteiger partial charge is 0.295 e. The summed E-state index contributed by atoms with van der Waals surface area (Å²) in [5.41, 5.74) is 1.92. The lowest BCUT2D eigenvalue weighted by Gasteiger charge is -2.31. The fourth-order valence-electron chi connectivity index (χ4n) is 4.64. The van der Waals surface area contributed by atoms with E-state index in [-0.39, 0.29) is 16.0 Å². The van der Waals surface area contributed by atoms with E-state index in [1.54, 1.807) is 0 Å². The van der Waals surface area contributed by atoms with E-state index in [1.165, 1.54) is 43.3 Å². The zero-order chi connectivity index (χ0) is 26.7. The van der Waals surface area contributed by atoms with Crippen LogP contribution < -0.4 is 0 Å². The molecule has 1 N–H and O–H groups in total. The molecule has 9 nitrogen and oxygen atoms in total. The molecule has 2 fully saturated rings. The molecule has 1 unspecified atom stereocenters. The number of aliphatic hydroxyl groups is 1. The van der Waals surface area contributed by atoms with Gasteiger partial charge in [-0.05, 0) is 29.7 Å². The molecule has 1 atom stereocenters. The van der Waals surface area contributed by atoms with E-state index in [0.717, 1.165) is 29.4 Å². The van der Waals surface area contributed by atoms with Crippen LogP contribution in [0.1, 0.15) is 29.7 Å². The fourth-order valence-corrected chi connectivity index (χ4v) is 5.58. The Hall–Kier alpha value is -3.05. The standard InChI is InChI=1S/C27H33N3O6S/c1-4-19-8-10-20(11-9-19)24-23(25(31)21-6-5-7-22(18-21)37(34,35)28(2)3)26(32)27(33)30(24)13-12-29-14-16-36-17-15-29/h5-11,18,24,31H,4,12-17H2,1-3H3/b25-23+. The average Bonchev–Trinajstić information content (AvgIpc) is 3.17. The van der Waals surface area contributed by atoms with Gasteiger partial charge in [-0.1, -0.05) is 43.3 Å². The second-order valence-electron chi connectivity index (χ2n) is 9.36. The predicted molar refractivity (Wildman–Crippen MR) is 139 cm³/mol. The number of amides is 1. The first kappa shape index (κ1) is 27.0. The summed E-state index contributed by atoms with van der Waals surface area (Å²) in [5, 5.41) is 11.3. The maximum atomic E-state index is 13.3. The molecule has 2 aromatic carbocycles. The number of Topliss-reactive ketones (excluding diaryl/α,β-unsaturated/α-hetero) is 1. The molecule has 0 saturated carbocycles. The molecule has 1 amide bonds. The van der Waals surface area contributed by atoms with Crippen molar-refractivity contribution >= 4 is 27.5 Å². The molecular weight excluding hydrogens is 494 g/mol. The van der Waals surface area contributed by atoms with Gasteiger partial charge in [-0.3, -0.25) is 14.5 Å². The van der Waals surface area contributed by atoms with E-state index < -0.39 is 33.5 Å². The highest BCUT2D eigenvalue weighted by Crippen LogP contribution is 2.39. The third-order valence-electron chi connectivity index (χ3n) is 6.89. The molecule has 10 heteroatoms. The van der Waals surface area contributed by atoms with Gasteiger partial charge in [-0.2, -0.15) is 0 Å². The fraction of sp³-hybridized carbons (Fsp3) is 0.407. The van der Waals surface area contributed by atoms with E-state index >= 15 is 0 Å². The number of nitrogens with zero attached hydrogens (tertiary/aromatic N) is 3. The Labute approximate surface area is 218 Å². The lowest BCUT2D eigenvalue weighted by molar-refractivity contribution is -0.140. The van der Waals surface area contributed by atoms with Gasteiger partial charge >= 0.3 is 0 Å². The van der Waals surface area contributed by atoms with Crippen LogP contribution in [-0.4, -0.2) is 92.8 Å². The lowest BCUT2D eigenvalue weighted by Crippen LogP contribution is -2.42. The summed E-state index contributed by atoms with van der Waals surface area (Å²) >= 11 is 0. The normalized spacial score (nSPS) is 20.6. The first-order valence-corrected chi connectivity index (χ1v) is 13.8. The number of rotatable bonds is 8. The number of likely N-dealkylation sites (tertiary alicyclic amines) is 1. The molecule has 0 aromatic heterocycles. The van der Waals surface area contributed by atoms with Gasteiger partial charge in [0, 0.05) is 45.8 Å². The van der Waals surface area contributed by atoms with E-state index in [9.17, 15) is 23.1 Å². The minimum Gasteiger partial charge on any atom is -0.507 e. The van der Waals surface area contributed by atoms with E-state index in [2.05, 4.69) is 4.90 Å². The quantitative estimate of drug-likeness (QED) is 0.319. The third kappa shape index (κ3) is 5.47. The van der Waals surface area contributed by atoms with Gasteiger partial charge in [-0.25, -0.2) is 12.7 Å². The molecule has 37 heavy (non-hydrogen) atoms. The molecule has 0 aliphatic carbocycles. The van der Waals surface area contributed by atoms with Gasteiger partial charge in [-0.15, -0.1) is 0 Å². The number of carbonyl (C=O) groups excluding carboxylic acids is 2. The number of aliphatic hydroxyl groups excluding tert-OH is 1. The van der Waals surface area contributed by atoms with E-state index in [4.69, 9.17) is 4.74 Å². The molecule has 198 valence electrons. The van der Waals surface area contributed by atoms with Crippen LogP contribution in [0.4, 0.5) is 0 Å². The largest absolute Gasteiger partial charge is 0.507 e. The number of carbonyl (C=O) groups is 2. The lowest BCUT2D eigenvalue weighted by atomic mass is 9.94. The van der Waals surface area contributed by atoms with Crippen LogP contribution >= 0.6 is 0 Å². The average molecular weight is 528 g/mol. The van der Waals surface area contributed by atoms with Crippen LogP contribution in [0, 0.1) is 0 Å². The van der Waals surface area contributed by atoms with Crippen molar-refractivity contribution in [3.8, 4) is 0 Å². The molecule has 2 saturated heterocycles. The van der Waals surface area contributed by atoms with E-state index in [1.807, 2.05) is 31.2 Å². The minimum atomic E-state index is -3.76. The van der Waals surface area contributed by atoms with Gasteiger partial charge in [0.05, 0.1) is 29.7 Å². The molecule has 2 aromatic rings. The summed E-state index contributed by atoms with van der Waals surface area (Å²) in [7, 11) is -0.927. The Morgan fingerprint density at radius 3 is 2.35 bits per heavy atom. The monoisotopic (exact) mass is 527 g/mol. The second-order valence-corrected chi connectivity index (χ2v) is 11.5. The summed E-state index contributed by atoms with van der Waals surface area (Å²) in [5.74, 6) is -1.87. The Balaban J connectivity index is 1.78. The summed E-state index contributed by atoms with van der Waals surface area (Å²) in [4.78, 5) is 30.2. The SMILES string of the molecule is CCc1ccc(C2/C(=C(\O)c3cccc(S(=O)(=O)N(C)C)c3)C(=O)C(=O)N2CCN2CCOCC2)cc1. The molecule has 0 spiro atoms. The number of hydrogen-bond donors (Lipinski definition) is 1. The summed E-state index contributed by atoms with van der Waals surface area (Å²) < 4.78 is 31.8. The first-order valence-electron chi connectivity index (χ1n) is 12.4. The van der Waals surface area contributed by atoms with Crippen molar-refractivity contribution in [2.24, 2.45) is 0 Å². The molecular formula is C27H33N3O6S. The van der Waals surface area contributed by atoms with Crippen LogP contribution in [0.3, 0.4) is 0 Å². The van der Waals surface area contributed by atoms with Gasteiger partial charge in [0.15, 0.2) is 0 Å². The summed E-state index contributed by atoms with van der Waals surface area (Å²) in [6.07, 6.45) is 0.838. The van der Waals surface area contributed by atoms with Gasteiger partial charge in [0.25, 0.3) is 11.7 Å². The molecule has 2 aliphatic heterocycles. The Morgan fingerprint density at radius 1 is 1.05 bits per heavy atom. The van der Waals surface area contributed by atoms with Crippen molar-refractivity contribution in [3.05, 3.63) is 70.8 Å². The second kappa shape index (κ2) is 11.1. The van der Waals surface area contributed by atoms with Gasteiger partial charge in [0.1, 0.15) is 5.76 Å². The number of aryl methyl sites for hydroxylation is 1. The zero-order valence-electron chi connectivity index (χ0n) is 21.4. The third-order valence-corrected chi connectivity index (χ3v) is 8.70. The number of benzene rings is 2. The van der Waals surface area contributed by atoms with Crippen molar-refractivity contribution in [2.45, 2.75) is 24.3 Å². The molecule has 0 bridgehead atoms. The number of hydrogen-bond acceptors (Lipinski definition) is 7. The number of morpholine rings is 1. The predicted octanol–water partition coefficient (Wildman–Crippen LogP) is 2.25. The topological polar surface area (TPSA) is 107 Å². The number of sulfonamides is 1. The van der Waals surface area contributed by atoms with Crippen LogP contribution in [0.2, 0.25) is 0 Å². The van der Waals surface area contributed by atoms with Crippen molar-refractivity contribution in [2.75, 3.05) is 53.5 Å². The highest BCUT2D eigenvalue weighted by Gasteiger charge is 2.46. The number of ether oxygens (including phenoxy) is 1. The van der Waals surface area contributed by atoms with Crippen molar-refractivity contribution in [3.63, 3.8) is 0 Å². The highest BCUT2D eigenvalue weighted by atomic mass is 32.2. The van der Waals surface area contributed by atoms with E-state index in [0.29, 0.717) is 31.9 Å².